The van der Waals surface area contributed by atoms with Crippen LogP contribution in [0.4, 0.5) is 0 Å². The molecule has 0 aromatic heterocycles. The van der Waals surface area contributed by atoms with Gasteiger partial charge in [-0.2, -0.15) is 0 Å². The van der Waals surface area contributed by atoms with Gasteiger partial charge in [0.25, 0.3) is 5.91 Å². The molecule has 23 heavy (non-hydrogen) atoms. The lowest BCUT2D eigenvalue weighted by molar-refractivity contribution is -0.140. The van der Waals surface area contributed by atoms with Gasteiger partial charge in [0.2, 0.25) is 0 Å². The third-order valence-corrected chi connectivity index (χ3v) is 4.53. The Morgan fingerprint density at radius 2 is 1.96 bits per heavy atom. The molecular weight excluding hydrogens is 292 g/mol. The minimum atomic E-state index is -0.747. The number of hydrogen-bond donors (Lipinski definition) is 2. The number of nitrogens with two attached hydrogens (primary N) is 1. The highest BCUT2D eigenvalue weighted by atomic mass is 16.5. The van der Waals surface area contributed by atoms with E-state index in [4.69, 9.17) is 10.5 Å². The van der Waals surface area contributed by atoms with Gasteiger partial charge in [0.15, 0.2) is 0 Å². The molecule has 2 rings (SSSR count). The van der Waals surface area contributed by atoms with Crippen molar-refractivity contribution < 1.29 is 14.3 Å². The normalized spacial score (nSPS) is 19.2. The number of nitrogens with one attached hydrogen (secondary N) is 1. The average Bonchev–Trinajstić information content (AvgIpc) is 2.94. The second kappa shape index (κ2) is 6.86. The number of hydrogen-bond acceptors (Lipinski definition) is 4. The summed E-state index contributed by atoms with van der Waals surface area (Å²) < 4.78 is 4.94. The first-order valence-electron chi connectivity index (χ1n) is 7.90. The molecule has 0 aliphatic carbocycles. The van der Waals surface area contributed by atoms with E-state index in [1.807, 2.05) is 0 Å². The summed E-state index contributed by atoms with van der Waals surface area (Å²) in [6.45, 7) is 8.20. The van der Waals surface area contributed by atoms with Crippen LogP contribution in [-0.2, 0) is 14.3 Å². The van der Waals surface area contributed by atoms with Crippen LogP contribution >= 0.6 is 0 Å². The number of esters is 1. The number of carbonyl (C=O) groups excluding carboxylic acids is 2. The summed E-state index contributed by atoms with van der Waals surface area (Å²) in [7, 11) is 0. The summed E-state index contributed by atoms with van der Waals surface area (Å²) in [6.07, 6.45) is 1.42. The Bertz CT molecular complexity index is 677. The second-order valence-corrected chi connectivity index (χ2v) is 5.90. The molecule has 1 unspecified atom stereocenters. The molecule has 1 aromatic rings. The molecule has 1 aliphatic heterocycles. The molecule has 3 N–H and O–H groups in total. The minimum Gasteiger partial charge on any atom is -0.462 e. The fraction of sp³-hybridized carbons (Fsp3) is 0.444. The molecule has 0 saturated carbocycles. The van der Waals surface area contributed by atoms with Crippen LogP contribution in [0.5, 0.6) is 0 Å². The molecule has 1 fully saturated rings. The monoisotopic (exact) mass is 316 g/mol. The number of rotatable bonds is 4. The van der Waals surface area contributed by atoms with Crippen molar-refractivity contribution in [2.45, 2.75) is 46.6 Å². The maximum Gasteiger partial charge on any atom is 0.345 e. The Balaban J connectivity index is 2.32. The van der Waals surface area contributed by atoms with Crippen molar-refractivity contribution in [1.29, 1.82) is 0 Å². The lowest BCUT2D eigenvalue weighted by Crippen LogP contribution is -2.27. The van der Waals surface area contributed by atoms with Gasteiger partial charge in [-0.3, -0.25) is 4.79 Å². The zero-order chi connectivity index (χ0) is 17.1. The van der Waals surface area contributed by atoms with Crippen molar-refractivity contribution >= 4 is 11.9 Å². The van der Waals surface area contributed by atoms with Gasteiger partial charge in [-0.1, -0.05) is 12.1 Å². The highest BCUT2D eigenvalue weighted by molar-refractivity contribution is 6.16. The lowest BCUT2D eigenvalue weighted by Gasteiger charge is -2.18. The second-order valence-electron chi connectivity index (χ2n) is 5.90. The van der Waals surface area contributed by atoms with E-state index in [-0.39, 0.29) is 18.2 Å². The SMILES string of the molecule is CCOC(=O)/C(C(N)=O)=C1/CCC(c2ccc(C)c(C)c2C)N1. The molecule has 5 nitrogen and oxygen atoms in total. The van der Waals surface area contributed by atoms with Gasteiger partial charge in [0.1, 0.15) is 5.57 Å². The number of primary amides is 1. The van der Waals surface area contributed by atoms with E-state index in [1.165, 1.54) is 22.3 Å². The number of amides is 1. The predicted molar refractivity (Wildman–Crippen MR) is 88.6 cm³/mol. The Kier molecular flexibility index (Phi) is 5.08. The fourth-order valence-corrected chi connectivity index (χ4v) is 3.00. The molecule has 1 atom stereocenters. The predicted octanol–water partition coefficient (Wildman–Crippen LogP) is 2.34. The van der Waals surface area contributed by atoms with Crippen LogP contribution in [0.3, 0.4) is 0 Å². The Hall–Kier alpha value is -2.30. The molecule has 1 aromatic carbocycles. The van der Waals surface area contributed by atoms with E-state index < -0.39 is 11.9 Å². The summed E-state index contributed by atoms with van der Waals surface area (Å²) >= 11 is 0. The molecule has 0 bridgehead atoms. The van der Waals surface area contributed by atoms with Crippen molar-refractivity contribution in [2.24, 2.45) is 5.73 Å². The highest BCUT2D eigenvalue weighted by Gasteiger charge is 2.29. The van der Waals surface area contributed by atoms with Crippen LogP contribution in [0.15, 0.2) is 23.4 Å². The molecule has 1 saturated heterocycles. The molecule has 124 valence electrons. The van der Waals surface area contributed by atoms with E-state index in [0.29, 0.717) is 12.1 Å². The molecule has 0 spiro atoms. The molecule has 1 heterocycles. The molecular formula is C18H24N2O3. The fourth-order valence-electron chi connectivity index (χ4n) is 3.00. The first kappa shape index (κ1) is 17.1. The van der Waals surface area contributed by atoms with Crippen LogP contribution < -0.4 is 11.1 Å². The van der Waals surface area contributed by atoms with Crippen molar-refractivity contribution in [3.63, 3.8) is 0 Å². The zero-order valence-electron chi connectivity index (χ0n) is 14.2. The van der Waals surface area contributed by atoms with E-state index in [0.717, 1.165) is 6.42 Å². The topological polar surface area (TPSA) is 81.4 Å². The smallest absolute Gasteiger partial charge is 0.345 e. The third-order valence-electron chi connectivity index (χ3n) is 4.53. The molecule has 1 amide bonds. The minimum absolute atomic E-state index is 0.0594. The van der Waals surface area contributed by atoms with Crippen molar-refractivity contribution in [3.8, 4) is 0 Å². The number of aryl methyl sites for hydroxylation is 1. The maximum absolute atomic E-state index is 12.0. The largest absolute Gasteiger partial charge is 0.462 e. The van der Waals surface area contributed by atoms with Crippen molar-refractivity contribution in [2.75, 3.05) is 6.61 Å². The van der Waals surface area contributed by atoms with Gasteiger partial charge >= 0.3 is 5.97 Å². The number of allylic oxidation sites excluding steroid dienone is 1. The standard InChI is InChI=1S/C18H24N2O3/c1-5-23-18(22)16(17(19)21)15-9-8-14(20-15)13-7-6-10(2)11(3)12(13)4/h6-7,14,20H,5,8-9H2,1-4H3,(H2,19,21)/b16-15-. The number of benzene rings is 1. The number of carbonyl (C=O) groups is 2. The summed E-state index contributed by atoms with van der Waals surface area (Å²) in [5.41, 5.74) is 10.8. The summed E-state index contributed by atoms with van der Waals surface area (Å²) in [5.74, 6) is -1.40. The van der Waals surface area contributed by atoms with Gasteiger partial charge in [-0.25, -0.2) is 4.79 Å². The van der Waals surface area contributed by atoms with Crippen LogP contribution in [-0.4, -0.2) is 18.5 Å². The average molecular weight is 316 g/mol. The van der Waals surface area contributed by atoms with Gasteiger partial charge in [-0.15, -0.1) is 0 Å². The van der Waals surface area contributed by atoms with Crippen LogP contribution in [0.1, 0.15) is 48.1 Å². The Labute approximate surface area is 136 Å². The zero-order valence-corrected chi connectivity index (χ0v) is 14.2. The van der Waals surface area contributed by atoms with E-state index in [2.05, 4.69) is 38.2 Å². The molecule has 1 aliphatic rings. The Morgan fingerprint density at radius 3 is 2.57 bits per heavy atom. The van der Waals surface area contributed by atoms with E-state index in [9.17, 15) is 9.59 Å². The van der Waals surface area contributed by atoms with Crippen LogP contribution in [0.25, 0.3) is 0 Å². The van der Waals surface area contributed by atoms with Gasteiger partial charge in [0, 0.05) is 5.70 Å². The van der Waals surface area contributed by atoms with Gasteiger partial charge < -0.3 is 15.8 Å². The summed E-state index contributed by atoms with van der Waals surface area (Å²) in [4.78, 5) is 23.6. The summed E-state index contributed by atoms with van der Waals surface area (Å²) in [6, 6.07) is 4.28. The molecule has 0 radical (unpaired) electrons. The van der Waals surface area contributed by atoms with Crippen molar-refractivity contribution in [3.05, 3.63) is 45.7 Å². The molecule has 5 heteroatoms. The Morgan fingerprint density at radius 1 is 1.26 bits per heavy atom. The first-order valence-corrected chi connectivity index (χ1v) is 7.90. The third kappa shape index (κ3) is 3.38. The quantitative estimate of drug-likeness (QED) is 0.387. The van der Waals surface area contributed by atoms with E-state index in [1.54, 1.807) is 6.92 Å². The highest BCUT2D eigenvalue weighted by Crippen LogP contribution is 2.33. The lowest BCUT2D eigenvalue weighted by atomic mass is 9.94. The van der Waals surface area contributed by atoms with Gasteiger partial charge in [0.05, 0.1) is 12.6 Å². The van der Waals surface area contributed by atoms with E-state index >= 15 is 0 Å². The van der Waals surface area contributed by atoms with Gasteiger partial charge in [-0.05, 0) is 62.8 Å². The van der Waals surface area contributed by atoms with Crippen LogP contribution in [0.2, 0.25) is 0 Å². The van der Waals surface area contributed by atoms with Crippen molar-refractivity contribution in [1.82, 2.24) is 5.32 Å². The number of ether oxygens (including phenoxy) is 1. The van der Waals surface area contributed by atoms with Crippen LogP contribution in [0, 0.1) is 20.8 Å². The first-order chi connectivity index (χ1) is 10.9. The maximum atomic E-state index is 12.0. The summed E-state index contributed by atoms with van der Waals surface area (Å²) in [5, 5.41) is 3.29.